The first-order chi connectivity index (χ1) is 10.1. The van der Waals surface area contributed by atoms with E-state index in [9.17, 15) is 0 Å². The zero-order chi connectivity index (χ0) is 14.9. The Bertz CT molecular complexity index is 460. The van der Waals surface area contributed by atoms with Crippen LogP contribution in [-0.4, -0.2) is 53.0 Å². The van der Waals surface area contributed by atoms with E-state index in [1.807, 2.05) is 11.8 Å². The number of thioether (sulfide) groups is 1. The molecule has 3 rings (SSSR count). The van der Waals surface area contributed by atoms with E-state index in [-0.39, 0.29) is 0 Å². The maximum atomic E-state index is 2.75. The van der Waals surface area contributed by atoms with Crippen molar-refractivity contribution in [3.05, 3.63) is 35.9 Å². The number of rotatable bonds is 4. The van der Waals surface area contributed by atoms with Crippen molar-refractivity contribution in [2.75, 3.05) is 32.4 Å². The van der Waals surface area contributed by atoms with Gasteiger partial charge in [0.2, 0.25) is 0 Å². The Morgan fingerprint density at radius 3 is 2.67 bits per heavy atom. The SMILES string of the molecule is CSC(C)(C)CN1CC2CCCN2CC1c1ccccc1. The van der Waals surface area contributed by atoms with Gasteiger partial charge in [-0.25, -0.2) is 0 Å². The first-order valence-corrected chi connectivity index (χ1v) is 9.40. The monoisotopic (exact) mass is 304 g/mol. The number of hydrogen-bond donors (Lipinski definition) is 0. The van der Waals surface area contributed by atoms with Crippen LogP contribution in [0.15, 0.2) is 30.3 Å². The Morgan fingerprint density at radius 1 is 1.19 bits per heavy atom. The van der Waals surface area contributed by atoms with E-state index in [2.05, 4.69) is 60.2 Å². The van der Waals surface area contributed by atoms with Crippen LogP contribution in [0.25, 0.3) is 0 Å². The fraction of sp³-hybridized carbons (Fsp3) is 0.667. The van der Waals surface area contributed by atoms with Crippen LogP contribution in [-0.2, 0) is 0 Å². The van der Waals surface area contributed by atoms with Crippen molar-refractivity contribution in [1.82, 2.24) is 9.80 Å². The van der Waals surface area contributed by atoms with E-state index >= 15 is 0 Å². The molecule has 0 amide bonds. The smallest absolute Gasteiger partial charge is 0.0476 e. The third-order valence-corrected chi connectivity index (χ3v) is 6.35. The second-order valence-corrected chi connectivity index (χ2v) is 8.62. The molecule has 0 aromatic heterocycles. The second-order valence-electron chi connectivity index (χ2n) is 7.11. The van der Waals surface area contributed by atoms with Crippen LogP contribution in [0.5, 0.6) is 0 Å². The Morgan fingerprint density at radius 2 is 1.95 bits per heavy atom. The summed E-state index contributed by atoms with van der Waals surface area (Å²) in [5.74, 6) is 0. The summed E-state index contributed by atoms with van der Waals surface area (Å²) in [7, 11) is 0. The molecule has 0 radical (unpaired) electrons. The maximum Gasteiger partial charge on any atom is 0.0476 e. The van der Waals surface area contributed by atoms with Gasteiger partial charge in [-0.05, 0) is 45.1 Å². The van der Waals surface area contributed by atoms with Gasteiger partial charge in [0, 0.05) is 36.5 Å². The molecule has 0 aliphatic carbocycles. The number of benzene rings is 1. The third kappa shape index (κ3) is 3.46. The highest BCUT2D eigenvalue weighted by Gasteiger charge is 2.38. The van der Waals surface area contributed by atoms with Crippen molar-refractivity contribution in [2.45, 2.75) is 43.5 Å². The van der Waals surface area contributed by atoms with Crippen molar-refractivity contribution in [3.63, 3.8) is 0 Å². The highest BCUT2D eigenvalue weighted by atomic mass is 32.2. The molecule has 0 bridgehead atoms. The van der Waals surface area contributed by atoms with Gasteiger partial charge >= 0.3 is 0 Å². The van der Waals surface area contributed by atoms with Crippen molar-refractivity contribution in [2.24, 2.45) is 0 Å². The highest BCUT2D eigenvalue weighted by Crippen LogP contribution is 2.35. The van der Waals surface area contributed by atoms with Crippen LogP contribution < -0.4 is 0 Å². The first-order valence-electron chi connectivity index (χ1n) is 8.17. The van der Waals surface area contributed by atoms with Crippen LogP contribution >= 0.6 is 11.8 Å². The molecular weight excluding hydrogens is 276 g/mol. The average molecular weight is 305 g/mol. The molecule has 0 spiro atoms. The molecule has 2 aliphatic heterocycles. The predicted molar refractivity (Wildman–Crippen MR) is 92.9 cm³/mol. The summed E-state index contributed by atoms with van der Waals surface area (Å²) in [6, 6.07) is 12.5. The fourth-order valence-corrected chi connectivity index (χ4v) is 4.09. The van der Waals surface area contributed by atoms with Crippen LogP contribution in [0.4, 0.5) is 0 Å². The topological polar surface area (TPSA) is 6.48 Å². The molecule has 2 nitrogen and oxygen atoms in total. The molecule has 2 saturated heterocycles. The van der Waals surface area contributed by atoms with Gasteiger partial charge in [-0.2, -0.15) is 11.8 Å². The molecule has 116 valence electrons. The lowest BCUT2D eigenvalue weighted by Gasteiger charge is -2.46. The van der Waals surface area contributed by atoms with Crippen molar-refractivity contribution < 1.29 is 0 Å². The minimum absolute atomic E-state index is 0.327. The molecule has 1 aromatic rings. The van der Waals surface area contributed by atoms with E-state index < -0.39 is 0 Å². The Balaban J connectivity index is 1.82. The van der Waals surface area contributed by atoms with Crippen LogP contribution in [0, 0.1) is 0 Å². The zero-order valence-electron chi connectivity index (χ0n) is 13.6. The Labute approximate surface area is 133 Å². The average Bonchev–Trinajstić information content (AvgIpc) is 2.94. The summed E-state index contributed by atoms with van der Waals surface area (Å²) in [6.45, 7) is 9.68. The lowest BCUT2D eigenvalue weighted by Crippen LogP contribution is -2.54. The molecule has 2 unspecified atom stereocenters. The minimum atomic E-state index is 0.327. The second kappa shape index (κ2) is 6.31. The number of piperazine rings is 1. The minimum Gasteiger partial charge on any atom is -0.297 e. The van der Waals surface area contributed by atoms with E-state index in [1.165, 1.54) is 44.6 Å². The lowest BCUT2D eigenvalue weighted by atomic mass is 9.98. The summed E-state index contributed by atoms with van der Waals surface area (Å²) < 4.78 is 0.327. The molecule has 2 aliphatic rings. The summed E-state index contributed by atoms with van der Waals surface area (Å²) in [6.07, 6.45) is 5.01. The molecule has 3 heteroatoms. The van der Waals surface area contributed by atoms with Crippen molar-refractivity contribution in [1.29, 1.82) is 0 Å². The van der Waals surface area contributed by atoms with Gasteiger partial charge in [0.1, 0.15) is 0 Å². The highest BCUT2D eigenvalue weighted by molar-refractivity contribution is 7.99. The van der Waals surface area contributed by atoms with Gasteiger partial charge in [0.05, 0.1) is 0 Å². The summed E-state index contributed by atoms with van der Waals surface area (Å²) in [4.78, 5) is 5.47. The molecule has 2 fully saturated rings. The quantitative estimate of drug-likeness (QED) is 0.838. The lowest BCUT2D eigenvalue weighted by molar-refractivity contribution is 0.0458. The third-order valence-electron chi connectivity index (χ3n) is 5.11. The van der Waals surface area contributed by atoms with Crippen molar-refractivity contribution >= 4 is 11.8 Å². The Hall–Kier alpha value is -0.510. The Kier molecular flexibility index (Phi) is 4.63. The predicted octanol–water partition coefficient (Wildman–Crippen LogP) is 3.65. The van der Waals surface area contributed by atoms with Gasteiger partial charge in [-0.3, -0.25) is 9.80 Å². The van der Waals surface area contributed by atoms with Gasteiger partial charge in [-0.1, -0.05) is 30.3 Å². The van der Waals surface area contributed by atoms with Gasteiger partial charge in [-0.15, -0.1) is 0 Å². The summed E-state index contributed by atoms with van der Waals surface area (Å²) >= 11 is 1.99. The van der Waals surface area contributed by atoms with Gasteiger partial charge in [0.15, 0.2) is 0 Å². The summed E-state index contributed by atoms with van der Waals surface area (Å²) in [5, 5.41) is 0. The van der Waals surface area contributed by atoms with Crippen LogP contribution in [0.2, 0.25) is 0 Å². The zero-order valence-corrected chi connectivity index (χ0v) is 14.4. The fourth-order valence-electron chi connectivity index (χ4n) is 3.80. The van der Waals surface area contributed by atoms with E-state index in [0.717, 1.165) is 6.04 Å². The molecular formula is C18H28N2S. The molecule has 0 saturated carbocycles. The summed E-state index contributed by atoms with van der Waals surface area (Å²) in [5.41, 5.74) is 1.49. The molecule has 0 N–H and O–H groups in total. The first kappa shape index (κ1) is 15.4. The number of hydrogen-bond acceptors (Lipinski definition) is 3. The number of nitrogens with zero attached hydrogens (tertiary/aromatic N) is 2. The van der Waals surface area contributed by atoms with Crippen LogP contribution in [0.1, 0.15) is 38.3 Å². The van der Waals surface area contributed by atoms with E-state index in [1.54, 1.807) is 0 Å². The van der Waals surface area contributed by atoms with E-state index in [4.69, 9.17) is 0 Å². The molecule has 1 aromatic carbocycles. The molecule has 2 atom stereocenters. The number of fused-ring (bicyclic) bond motifs is 1. The standard InChI is InChI=1S/C18H28N2S/c1-18(2,21-3)14-20-12-16-10-7-11-19(16)13-17(20)15-8-5-4-6-9-15/h4-6,8-9,16-17H,7,10-14H2,1-3H3. The van der Waals surface area contributed by atoms with E-state index in [0.29, 0.717) is 10.8 Å². The largest absolute Gasteiger partial charge is 0.297 e. The van der Waals surface area contributed by atoms with Gasteiger partial charge < -0.3 is 0 Å². The van der Waals surface area contributed by atoms with Crippen molar-refractivity contribution in [3.8, 4) is 0 Å². The normalized spacial score (nSPS) is 27.8. The maximum absolute atomic E-state index is 2.75. The molecule has 21 heavy (non-hydrogen) atoms. The van der Waals surface area contributed by atoms with Crippen LogP contribution in [0.3, 0.4) is 0 Å². The molecule has 2 heterocycles. The van der Waals surface area contributed by atoms with Gasteiger partial charge in [0.25, 0.3) is 0 Å².